The molecule has 2 aromatic rings. The Bertz CT molecular complexity index is 905. The van der Waals surface area contributed by atoms with Gasteiger partial charge in [-0.15, -0.1) is 6.58 Å². The number of ether oxygens (including phenoxy) is 1. The number of nitrogens with two attached hydrogens (primary N) is 1. The lowest BCUT2D eigenvalue weighted by molar-refractivity contribution is 0.119. The predicted molar refractivity (Wildman–Crippen MR) is 125 cm³/mol. The lowest BCUT2D eigenvalue weighted by atomic mass is 10.0. The summed E-state index contributed by atoms with van der Waals surface area (Å²) in [5.41, 5.74) is 9.26. The van der Waals surface area contributed by atoms with Gasteiger partial charge in [0, 0.05) is 25.2 Å². The second-order valence-electron chi connectivity index (χ2n) is 8.18. The fraction of sp³-hybridized carbons (Fsp3) is 0.400. The maximum atomic E-state index is 12.0. The van der Waals surface area contributed by atoms with E-state index in [0.717, 1.165) is 16.7 Å². The van der Waals surface area contributed by atoms with Crippen LogP contribution in [0.1, 0.15) is 41.6 Å². The predicted octanol–water partition coefficient (Wildman–Crippen LogP) is 3.26. The summed E-state index contributed by atoms with van der Waals surface area (Å²) in [5.74, 6) is 0.713. The molecule has 1 amide bonds. The molecule has 1 aliphatic carbocycles. The minimum atomic E-state index is -0.954. The summed E-state index contributed by atoms with van der Waals surface area (Å²) in [6.45, 7) is 4.40. The minimum absolute atomic E-state index is 0.116. The summed E-state index contributed by atoms with van der Waals surface area (Å²) < 4.78 is 5.39. The van der Waals surface area contributed by atoms with Crippen LogP contribution in [0.2, 0.25) is 0 Å². The molecule has 4 atom stereocenters. The Hall–Kier alpha value is -2.87. The molecule has 0 fully saturated rings. The molecule has 32 heavy (non-hydrogen) atoms. The third kappa shape index (κ3) is 5.68. The normalized spacial score (nSPS) is 19.1. The monoisotopic (exact) mass is 439 g/mol. The zero-order chi connectivity index (χ0) is 23.1. The van der Waals surface area contributed by atoms with Crippen LogP contribution >= 0.6 is 0 Å². The Morgan fingerprint density at radius 3 is 2.72 bits per heavy atom. The first kappa shape index (κ1) is 23.8. The fourth-order valence-electron chi connectivity index (χ4n) is 4.30. The van der Waals surface area contributed by atoms with E-state index in [1.165, 1.54) is 4.90 Å². The van der Waals surface area contributed by atoms with Crippen molar-refractivity contribution in [1.82, 2.24) is 10.2 Å². The maximum Gasteiger partial charge on any atom is 0.407 e. The van der Waals surface area contributed by atoms with Gasteiger partial charge in [-0.05, 0) is 48.1 Å². The standard InChI is InChI=1S/C25H33N3O4/c1-3-4-12-28(25(30)31)23-15-22(20-14-18(32-2)10-11-19(20)23)27-16-24(29)21(26)13-17-8-6-5-7-9-17/h3,5-11,14,21-24,27,29H,1,4,12-13,15-16,26H2,2H3,(H,30,31)/t21?,22-,23?,24?/m0/s1. The Morgan fingerprint density at radius 1 is 1.31 bits per heavy atom. The number of fused-ring (bicyclic) bond motifs is 1. The number of carbonyl (C=O) groups is 1. The highest BCUT2D eigenvalue weighted by molar-refractivity contribution is 5.66. The van der Waals surface area contributed by atoms with Gasteiger partial charge >= 0.3 is 6.09 Å². The van der Waals surface area contributed by atoms with E-state index in [1.54, 1.807) is 13.2 Å². The van der Waals surface area contributed by atoms with Gasteiger partial charge < -0.3 is 30.9 Å². The molecule has 0 spiro atoms. The number of benzene rings is 2. The summed E-state index contributed by atoms with van der Waals surface area (Å²) >= 11 is 0. The largest absolute Gasteiger partial charge is 0.497 e. The number of aliphatic hydroxyl groups is 1. The van der Waals surface area contributed by atoms with Crippen LogP contribution in [0.15, 0.2) is 61.2 Å². The topological polar surface area (TPSA) is 108 Å². The summed E-state index contributed by atoms with van der Waals surface area (Å²) in [7, 11) is 1.61. The molecule has 3 rings (SSSR count). The zero-order valence-electron chi connectivity index (χ0n) is 18.5. The van der Waals surface area contributed by atoms with Crippen molar-refractivity contribution in [3.63, 3.8) is 0 Å². The molecule has 2 aromatic carbocycles. The van der Waals surface area contributed by atoms with Gasteiger partial charge in [-0.1, -0.05) is 42.5 Å². The summed E-state index contributed by atoms with van der Waals surface area (Å²) in [6, 6.07) is 14.8. The molecular formula is C25H33N3O4. The molecule has 3 unspecified atom stereocenters. The lowest BCUT2D eigenvalue weighted by Crippen LogP contribution is -2.43. The van der Waals surface area contributed by atoms with Gasteiger partial charge in [-0.25, -0.2) is 4.79 Å². The van der Waals surface area contributed by atoms with E-state index in [0.29, 0.717) is 38.1 Å². The van der Waals surface area contributed by atoms with Crippen molar-refractivity contribution in [2.45, 2.75) is 43.5 Å². The van der Waals surface area contributed by atoms with Crippen LogP contribution in [-0.4, -0.2) is 53.6 Å². The first-order valence-electron chi connectivity index (χ1n) is 10.9. The molecule has 0 aromatic heterocycles. The Morgan fingerprint density at radius 2 is 2.06 bits per heavy atom. The van der Waals surface area contributed by atoms with E-state index in [2.05, 4.69) is 11.9 Å². The third-order valence-corrected chi connectivity index (χ3v) is 6.07. The molecule has 1 aliphatic rings. The molecule has 5 N–H and O–H groups in total. The molecule has 7 nitrogen and oxygen atoms in total. The van der Waals surface area contributed by atoms with Crippen LogP contribution in [-0.2, 0) is 6.42 Å². The highest BCUT2D eigenvalue weighted by Gasteiger charge is 2.37. The average Bonchev–Trinajstić information content (AvgIpc) is 3.15. The van der Waals surface area contributed by atoms with Crippen LogP contribution in [0.3, 0.4) is 0 Å². The highest BCUT2D eigenvalue weighted by Crippen LogP contribution is 2.43. The van der Waals surface area contributed by atoms with E-state index in [-0.39, 0.29) is 12.1 Å². The number of methoxy groups -OCH3 is 1. The summed E-state index contributed by atoms with van der Waals surface area (Å²) in [6.07, 6.45) is 1.77. The minimum Gasteiger partial charge on any atom is -0.497 e. The van der Waals surface area contributed by atoms with E-state index in [4.69, 9.17) is 10.5 Å². The van der Waals surface area contributed by atoms with E-state index < -0.39 is 18.2 Å². The molecule has 0 bridgehead atoms. The van der Waals surface area contributed by atoms with Gasteiger partial charge in [0.05, 0.1) is 19.3 Å². The Labute approximate surface area is 189 Å². The summed E-state index contributed by atoms with van der Waals surface area (Å²) in [5, 5.41) is 23.8. The van der Waals surface area contributed by atoms with E-state index >= 15 is 0 Å². The number of amides is 1. The average molecular weight is 440 g/mol. The van der Waals surface area contributed by atoms with Crippen molar-refractivity contribution in [1.29, 1.82) is 0 Å². The fourth-order valence-corrected chi connectivity index (χ4v) is 4.30. The van der Waals surface area contributed by atoms with Crippen molar-refractivity contribution in [2.75, 3.05) is 20.2 Å². The second-order valence-corrected chi connectivity index (χ2v) is 8.18. The van der Waals surface area contributed by atoms with Gasteiger partial charge in [0.15, 0.2) is 0 Å². The van der Waals surface area contributed by atoms with Crippen LogP contribution < -0.4 is 15.8 Å². The van der Waals surface area contributed by atoms with Crippen molar-refractivity contribution < 1.29 is 19.7 Å². The Kier molecular flexibility index (Phi) is 8.27. The first-order valence-corrected chi connectivity index (χ1v) is 10.9. The summed E-state index contributed by atoms with van der Waals surface area (Å²) in [4.78, 5) is 13.4. The van der Waals surface area contributed by atoms with Gasteiger partial charge in [0.1, 0.15) is 5.75 Å². The lowest BCUT2D eigenvalue weighted by Gasteiger charge is -2.27. The molecule has 172 valence electrons. The third-order valence-electron chi connectivity index (χ3n) is 6.07. The molecule has 0 radical (unpaired) electrons. The maximum absolute atomic E-state index is 12.0. The Balaban J connectivity index is 1.72. The molecule has 0 saturated carbocycles. The number of hydrogen-bond acceptors (Lipinski definition) is 5. The van der Waals surface area contributed by atoms with Gasteiger partial charge in [-0.2, -0.15) is 0 Å². The second kappa shape index (κ2) is 11.1. The van der Waals surface area contributed by atoms with Gasteiger partial charge in [-0.3, -0.25) is 0 Å². The van der Waals surface area contributed by atoms with Crippen LogP contribution in [0.5, 0.6) is 5.75 Å². The van der Waals surface area contributed by atoms with Gasteiger partial charge in [0.2, 0.25) is 0 Å². The number of carboxylic acid groups (broad SMARTS) is 1. The molecular weight excluding hydrogens is 406 g/mol. The highest BCUT2D eigenvalue weighted by atomic mass is 16.5. The van der Waals surface area contributed by atoms with E-state index in [9.17, 15) is 15.0 Å². The molecule has 0 aliphatic heterocycles. The number of nitrogens with one attached hydrogen (secondary N) is 1. The van der Waals surface area contributed by atoms with Crippen molar-refractivity contribution in [2.24, 2.45) is 5.73 Å². The molecule has 7 heteroatoms. The van der Waals surface area contributed by atoms with Crippen LogP contribution in [0.4, 0.5) is 4.79 Å². The van der Waals surface area contributed by atoms with Crippen LogP contribution in [0.25, 0.3) is 0 Å². The van der Waals surface area contributed by atoms with Crippen LogP contribution in [0, 0.1) is 0 Å². The van der Waals surface area contributed by atoms with Crippen molar-refractivity contribution in [3.05, 3.63) is 77.9 Å². The SMILES string of the molecule is C=CCCN(C(=O)O)C1C[C@H](NCC(O)C(N)Cc2ccccc2)c2cc(OC)ccc21. The number of hydrogen-bond donors (Lipinski definition) is 4. The van der Waals surface area contributed by atoms with E-state index in [1.807, 2.05) is 48.5 Å². The van der Waals surface area contributed by atoms with Crippen molar-refractivity contribution >= 4 is 6.09 Å². The smallest absolute Gasteiger partial charge is 0.407 e. The van der Waals surface area contributed by atoms with Gasteiger partial charge in [0.25, 0.3) is 0 Å². The quantitative estimate of drug-likeness (QED) is 0.400. The van der Waals surface area contributed by atoms with Crippen molar-refractivity contribution in [3.8, 4) is 5.75 Å². The number of nitrogens with zero attached hydrogens (tertiary/aromatic N) is 1. The zero-order valence-corrected chi connectivity index (χ0v) is 18.5. The molecule has 0 heterocycles. The number of rotatable bonds is 11. The molecule has 0 saturated heterocycles. The first-order chi connectivity index (χ1) is 15.4. The number of aliphatic hydroxyl groups excluding tert-OH is 1.